The summed E-state index contributed by atoms with van der Waals surface area (Å²) < 4.78 is 0. The number of hydrogen-bond donors (Lipinski definition) is 2. The standard InChI is InChI=1S/C18H28N2O2/c1-4-9-17(21)19-13-16(20-18(22)10-5-2)14(3)15-11-7-6-8-12-15/h6-8,11-12,14,16H,4-5,9-10,13H2,1-3H3,(H,19,21)(H,20,22). The molecule has 2 unspecified atom stereocenters. The average molecular weight is 304 g/mol. The Morgan fingerprint density at radius 3 is 2.18 bits per heavy atom. The van der Waals surface area contributed by atoms with Crippen LogP contribution in [0.4, 0.5) is 0 Å². The van der Waals surface area contributed by atoms with Crippen LogP contribution < -0.4 is 10.6 Å². The molecule has 122 valence electrons. The molecule has 0 aliphatic carbocycles. The van der Waals surface area contributed by atoms with Crippen molar-refractivity contribution in [2.45, 2.75) is 58.4 Å². The molecule has 0 spiro atoms. The third kappa shape index (κ3) is 6.29. The van der Waals surface area contributed by atoms with E-state index in [0.717, 1.165) is 18.4 Å². The molecule has 0 aliphatic rings. The topological polar surface area (TPSA) is 58.2 Å². The third-order valence-electron chi connectivity index (χ3n) is 3.75. The van der Waals surface area contributed by atoms with E-state index in [2.05, 4.69) is 29.7 Å². The fourth-order valence-electron chi connectivity index (χ4n) is 2.39. The summed E-state index contributed by atoms with van der Waals surface area (Å²) in [6, 6.07) is 9.97. The lowest BCUT2D eigenvalue weighted by molar-refractivity contribution is -0.123. The van der Waals surface area contributed by atoms with Gasteiger partial charge in [0.1, 0.15) is 0 Å². The van der Waals surface area contributed by atoms with Gasteiger partial charge < -0.3 is 10.6 Å². The number of benzene rings is 1. The number of rotatable bonds is 9. The largest absolute Gasteiger partial charge is 0.354 e. The molecular weight excluding hydrogens is 276 g/mol. The van der Waals surface area contributed by atoms with Crippen LogP contribution in [0.25, 0.3) is 0 Å². The lowest BCUT2D eigenvalue weighted by Crippen LogP contribution is -2.46. The van der Waals surface area contributed by atoms with Gasteiger partial charge >= 0.3 is 0 Å². The molecule has 0 bridgehead atoms. The molecule has 0 aromatic heterocycles. The van der Waals surface area contributed by atoms with Crippen molar-refractivity contribution in [2.75, 3.05) is 6.54 Å². The molecule has 4 nitrogen and oxygen atoms in total. The van der Waals surface area contributed by atoms with Crippen molar-refractivity contribution >= 4 is 11.8 Å². The number of carbonyl (C=O) groups is 2. The van der Waals surface area contributed by atoms with E-state index in [1.165, 1.54) is 0 Å². The van der Waals surface area contributed by atoms with E-state index in [9.17, 15) is 9.59 Å². The van der Waals surface area contributed by atoms with Gasteiger partial charge in [-0.1, -0.05) is 51.1 Å². The fraction of sp³-hybridized carbons (Fsp3) is 0.556. The predicted octanol–water partition coefficient (Wildman–Crippen LogP) is 2.99. The Morgan fingerprint density at radius 1 is 1.00 bits per heavy atom. The monoisotopic (exact) mass is 304 g/mol. The second kappa shape index (κ2) is 9.98. The zero-order valence-corrected chi connectivity index (χ0v) is 13.9. The van der Waals surface area contributed by atoms with Crippen LogP contribution in [0, 0.1) is 0 Å². The number of nitrogens with one attached hydrogen (secondary N) is 2. The lowest BCUT2D eigenvalue weighted by atomic mass is 9.93. The van der Waals surface area contributed by atoms with Crippen molar-refractivity contribution in [1.82, 2.24) is 10.6 Å². The van der Waals surface area contributed by atoms with Gasteiger partial charge in [0.25, 0.3) is 0 Å². The van der Waals surface area contributed by atoms with Gasteiger partial charge in [0, 0.05) is 25.3 Å². The van der Waals surface area contributed by atoms with Gasteiger partial charge in [-0.25, -0.2) is 0 Å². The first-order chi connectivity index (χ1) is 10.6. The SMILES string of the molecule is CCCC(=O)NCC(NC(=O)CCC)C(C)c1ccccc1. The van der Waals surface area contributed by atoms with Gasteiger partial charge in [-0.05, 0) is 18.4 Å². The van der Waals surface area contributed by atoms with Crippen LogP contribution in [-0.2, 0) is 9.59 Å². The summed E-state index contributed by atoms with van der Waals surface area (Å²) in [6.45, 7) is 6.51. The van der Waals surface area contributed by atoms with Crippen LogP contribution >= 0.6 is 0 Å². The van der Waals surface area contributed by atoms with E-state index in [1.807, 2.05) is 32.0 Å². The first-order valence-corrected chi connectivity index (χ1v) is 8.19. The summed E-state index contributed by atoms with van der Waals surface area (Å²) >= 11 is 0. The van der Waals surface area contributed by atoms with Gasteiger partial charge in [0.05, 0.1) is 6.04 Å². The summed E-state index contributed by atoms with van der Waals surface area (Å²) in [5, 5.41) is 5.99. The van der Waals surface area contributed by atoms with Crippen molar-refractivity contribution in [3.8, 4) is 0 Å². The highest BCUT2D eigenvalue weighted by Crippen LogP contribution is 2.19. The van der Waals surface area contributed by atoms with Crippen LogP contribution in [0.3, 0.4) is 0 Å². The van der Waals surface area contributed by atoms with E-state index in [1.54, 1.807) is 0 Å². The Labute approximate surface area is 133 Å². The molecule has 1 rings (SSSR count). The molecule has 2 atom stereocenters. The van der Waals surface area contributed by atoms with Crippen LogP contribution in [-0.4, -0.2) is 24.4 Å². The molecule has 0 aliphatic heterocycles. The van der Waals surface area contributed by atoms with E-state index in [4.69, 9.17) is 0 Å². The normalized spacial score (nSPS) is 13.2. The summed E-state index contributed by atoms with van der Waals surface area (Å²) in [7, 11) is 0. The molecule has 22 heavy (non-hydrogen) atoms. The zero-order valence-electron chi connectivity index (χ0n) is 13.9. The van der Waals surface area contributed by atoms with Crippen LogP contribution in [0.2, 0.25) is 0 Å². The summed E-state index contributed by atoms with van der Waals surface area (Å²) in [4.78, 5) is 23.6. The zero-order chi connectivity index (χ0) is 16.4. The smallest absolute Gasteiger partial charge is 0.220 e. The van der Waals surface area contributed by atoms with E-state index in [-0.39, 0.29) is 23.8 Å². The minimum atomic E-state index is -0.0951. The Morgan fingerprint density at radius 2 is 1.59 bits per heavy atom. The summed E-state index contributed by atoms with van der Waals surface area (Å²) in [6.07, 6.45) is 2.68. The Hall–Kier alpha value is -1.84. The molecule has 0 heterocycles. The van der Waals surface area contributed by atoms with Gasteiger partial charge in [-0.15, -0.1) is 0 Å². The molecular formula is C18H28N2O2. The van der Waals surface area contributed by atoms with Crippen LogP contribution in [0.1, 0.15) is 57.9 Å². The van der Waals surface area contributed by atoms with Gasteiger partial charge in [-0.3, -0.25) is 9.59 Å². The Bertz CT molecular complexity index is 459. The van der Waals surface area contributed by atoms with Crippen molar-refractivity contribution in [1.29, 1.82) is 0 Å². The van der Waals surface area contributed by atoms with Crippen molar-refractivity contribution in [3.05, 3.63) is 35.9 Å². The molecule has 1 aromatic rings. The number of carbonyl (C=O) groups excluding carboxylic acids is 2. The molecule has 0 saturated carbocycles. The van der Waals surface area contributed by atoms with Crippen molar-refractivity contribution in [2.24, 2.45) is 0 Å². The van der Waals surface area contributed by atoms with Gasteiger partial charge in [-0.2, -0.15) is 0 Å². The molecule has 1 aromatic carbocycles. The van der Waals surface area contributed by atoms with E-state index < -0.39 is 0 Å². The predicted molar refractivity (Wildman–Crippen MR) is 89.6 cm³/mol. The first-order valence-electron chi connectivity index (χ1n) is 8.19. The van der Waals surface area contributed by atoms with Gasteiger partial charge in [0.15, 0.2) is 0 Å². The molecule has 4 heteroatoms. The summed E-state index contributed by atoms with van der Waals surface area (Å²) in [5.41, 5.74) is 1.16. The van der Waals surface area contributed by atoms with Crippen molar-refractivity contribution < 1.29 is 9.59 Å². The maximum Gasteiger partial charge on any atom is 0.220 e. The van der Waals surface area contributed by atoms with Crippen LogP contribution in [0.5, 0.6) is 0 Å². The molecule has 0 radical (unpaired) electrons. The number of amides is 2. The Balaban J connectivity index is 2.72. The van der Waals surface area contributed by atoms with Crippen molar-refractivity contribution in [3.63, 3.8) is 0 Å². The van der Waals surface area contributed by atoms with E-state index >= 15 is 0 Å². The minimum absolute atomic E-state index is 0.0394. The highest BCUT2D eigenvalue weighted by Gasteiger charge is 2.21. The number of hydrogen-bond acceptors (Lipinski definition) is 2. The van der Waals surface area contributed by atoms with E-state index in [0.29, 0.717) is 19.4 Å². The highest BCUT2D eigenvalue weighted by molar-refractivity contribution is 5.77. The fourth-order valence-corrected chi connectivity index (χ4v) is 2.39. The lowest BCUT2D eigenvalue weighted by Gasteiger charge is -2.26. The Kier molecular flexibility index (Phi) is 8.26. The average Bonchev–Trinajstić information content (AvgIpc) is 2.52. The molecule has 2 amide bonds. The third-order valence-corrected chi connectivity index (χ3v) is 3.75. The second-order valence-corrected chi connectivity index (χ2v) is 5.68. The summed E-state index contributed by atoms with van der Waals surface area (Å²) in [5.74, 6) is 0.224. The highest BCUT2D eigenvalue weighted by atomic mass is 16.2. The second-order valence-electron chi connectivity index (χ2n) is 5.68. The minimum Gasteiger partial charge on any atom is -0.354 e. The maximum atomic E-state index is 11.9. The molecule has 0 saturated heterocycles. The van der Waals surface area contributed by atoms with Crippen LogP contribution in [0.15, 0.2) is 30.3 Å². The van der Waals surface area contributed by atoms with Gasteiger partial charge in [0.2, 0.25) is 11.8 Å². The molecule has 0 fully saturated rings. The first kappa shape index (κ1) is 18.2. The maximum absolute atomic E-state index is 11.9. The molecule has 2 N–H and O–H groups in total. The quantitative estimate of drug-likeness (QED) is 0.737.